The number of amides is 3. The molecule has 1 atom stereocenters. The number of hydrogen-bond donors (Lipinski definition) is 3. The van der Waals surface area contributed by atoms with E-state index >= 15 is 0 Å². The van der Waals surface area contributed by atoms with Crippen molar-refractivity contribution < 1.29 is 19.1 Å². The Balaban J connectivity index is 2.58. The van der Waals surface area contributed by atoms with Gasteiger partial charge < -0.3 is 21.1 Å². The zero-order chi connectivity index (χ0) is 19.0. The van der Waals surface area contributed by atoms with Gasteiger partial charge in [0, 0.05) is 0 Å². The first-order chi connectivity index (χ1) is 11.6. The molecule has 7 heteroatoms. The van der Waals surface area contributed by atoms with Crippen molar-refractivity contribution >= 4 is 17.9 Å². The topological polar surface area (TPSA) is 111 Å². The van der Waals surface area contributed by atoms with E-state index in [2.05, 4.69) is 10.6 Å². The summed E-state index contributed by atoms with van der Waals surface area (Å²) in [6.07, 6.45) is -0.293. The molecule has 0 aliphatic heterocycles. The number of carbonyl (C=O) groups is 3. The van der Waals surface area contributed by atoms with Crippen LogP contribution < -0.4 is 16.4 Å². The lowest BCUT2D eigenvalue weighted by atomic mass is 10.00. The fraction of sp³-hybridized carbons (Fsp3) is 0.500. The van der Waals surface area contributed by atoms with Crippen molar-refractivity contribution in [2.75, 3.05) is 0 Å². The molecule has 0 aliphatic carbocycles. The number of hydrogen-bond acceptors (Lipinski definition) is 4. The van der Waals surface area contributed by atoms with Crippen molar-refractivity contribution in [3.8, 4) is 0 Å². The fourth-order valence-corrected chi connectivity index (χ4v) is 2.13. The van der Waals surface area contributed by atoms with Crippen LogP contribution in [0.15, 0.2) is 30.3 Å². The van der Waals surface area contributed by atoms with Gasteiger partial charge in [-0.05, 0) is 31.7 Å². The molecular weight excluding hydrogens is 322 g/mol. The highest BCUT2D eigenvalue weighted by molar-refractivity contribution is 5.93. The number of rotatable bonds is 8. The number of nitrogens with two attached hydrogens (primary N) is 1. The van der Waals surface area contributed by atoms with Crippen molar-refractivity contribution in [1.29, 1.82) is 0 Å². The minimum atomic E-state index is -1.25. The molecular formula is C18H27N3O4. The molecule has 3 amide bonds. The Bertz CT molecular complexity index is 600. The standard InChI is InChI=1S/C18H27N3O4/c1-12(2)10-14(15(19)22)20-16(23)18(3,4)21-17(24)25-11-13-8-6-5-7-9-13/h5-9,12,14H,10-11H2,1-4H3,(H2,19,22)(H,20,23)(H,21,24)/t14-/m0/s1. The highest BCUT2D eigenvalue weighted by Crippen LogP contribution is 2.09. The maximum absolute atomic E-state index is 12.4. The van der Waals surface area contributed by atoms with Crippen LogP contribution in [0.3, 0.4) is 0 Å². The molecule has 0 radical (unpaired) electrons. The van der Waals surface area contributed by atoms with Crippen LogP contribution in [0.4, 0.5) is 4.79 Å². The van der Waals surface area contributed by atoms with Crippen LogP contribution in [0.5, 0.6) is 0 Å². The first-order valence-electron chi connectivity index (χ1n) is 8.21. The molecule has 1 rings (SSSR count). The molecule has 138 valence electrons. The van der Waals surface area contributed by atoms with E-state index in [-0.39, 0.29) is 12.5 Å². The van der Waals surface area contributed by atoms with E-state index < -0.39 is 29.5 Å². The minimum absolute atomic E-state index is 0.0988. The summed E-state index contributed by atoms with van der Waals surface area (Å²) in [6, 6.07) is 8.42. The quantitative estimate of drug-likeness (QED) is 0.663. The third-order valence-corrected chi connectivity index (χ3v) is 3.55. The van der Waals surface area contributed by atoms with Crippen molar-refractivity contribution in [1.82, 2.24) is 10.6 Å². The van der Waals surface area contributed by atoms with Gasteiger partial charge in [0.1, 0.15) is 18.2 Å². The minimum Gasteiger partial charge on any atom is -0.445 e. The summed E-state index contributed by atoms with van der Waals surface area (Å²) >= 11 is 0. The number of nitrogens with one attached hydrogen (secondary N) is 2. The van der Waals surface area contributed by atoms with Gasteiger partial charge in [0.15, 0.2) is 0 Å². The van der Waals surface area contributed by atoms with Crippen LogP contribution in [-0.2, 0) is 20.9 Å². The Labute approximate surface area is 148 Å². The lowest BCUT2D eigenvalue weighted by Gasteiger charge is -2.27. The van der Waals surface area contributed by atoms with Crippen LogP contribution in [0.2, 0.25) is 0 Å². The van der Waals surface area contributed by atoms with E-state index in [0.717, 1.165) is 5.56 Å². The maximum atomic E-state index is 12.4. The van der Waals surface area contributed by atoms with Gasteiger partial charge in [-0.1, -0.05) is 44.2 Å². The lowest BCUT2D eigenvalue weighted by molar-refractivity contribution is -0.131. The third kappa shape index (κ3) is 7.24. The smallest absolute Gasteiger partial charge is 0.408 e. The van der Waals surface area contributed by atoms with Gasteiger partial charge in [0.2, 0.25) is 11.8 Å². The second-order valence-corrected chi connectivity index (χ2v) is 6.87. The Kier molecular flexibility index (Phi) is 7.42. The molecule has 0 bridgehead atoms. The number of primary amides is 1. The Morgan fingerprint density at radius 2 is 1.76 bits per heavy atom. The summed E-state index contributed by atoms with van der Waals surface area (Å²) in [5.41, 5.74) is 4.91. The van der Waals surface area contributed by atoms with Crippen LogP contribution in [0.25, 0.3) is 0 Å². The largest absolute Gasteiger partial charge is 0.445 e. The van der Waals surface area contributed by atoms with E-state index in [9.17, 15) is 14.4 Å². The van der Waals surface area contributed by atoms with Gasteiger partial charge in [-0.25, -0.2) is 4.79 Å². The maximum Gasteiger partial charge on any atom is 0.408 e. The summed E-state index contributed by atoms with van der Waals surface area (Å²) in [5.74, 6) is -0.928. The second kappa shape index (κ2) is 9.05. The van der Waals surface area contributed by atoms with Crippen molar-refractivity contribution in [3.05, 3.63) is 35.9 Å². The third-order valence-electron chi connectivity index (χ3n) is 3.55. The number of carbonyl (C=O) groups excluding carboxylic acids is 3. The SMILES string of the molecule is CC(C)C[C@H](NC(=O)C(C)(C)NC(=O)OCc1ccccc1)C(N)=O. The molecule has 1 aromatic rings. The summed E-state index contributed by atoms with van der Waals surface area (Å²) in [5, 5.41) is 5.08. The predicted molar refractivity (Wildman–Crippen MR) is 94.4 cm³/mol. The molecule has 0 aliphatic rings. The van der Waals surface area contributed by atoms with Gasteiger partial charge >= 0.3 is 6.09 Å². The molecule has 4 N–H and O–H groups in total. The first kappa shape index (κ1) is 20.5. The summed E-state index contributed by atoms with van der Waals surface area (Å²) in [4.78, 5) is 35.8. The fourth-order valence-electron chi connectivity index (χ4n) is 2.13. The van der Waals surface area contributed by atoms with Crippen LogP contribution >= 0.6 is 0 Å². The summed E-state index contributed by atoms with van der Waals surface area (Å²) in [6.45, 7) is 7.00. The predicted octanol–water partition coefficient (Wildman–Crippen LogP) is 1.71. The van der Waals surface area contributed by atoms with Gasteiger partial charge in [0.25, 0.3) is 0 Å². The van der Waals surface area contributed by atoms with E-state index in [0.29, 0.717) is 6.42 Å². The molecule has 0 fully saturated rings. The normalized spacial score (nSPS) is 12.4. The average Bonchev–Trinajstić information content (AvgIpc) is 2.52. The second-order valence-electron chi connectivity index (χ2n) is 6.87. The molecule has 0 heterocycles. The van der Waals surface area contributed by atoms with Gasteiger partial charge in [-0.3, -0.25) is 9.59 Å². The summed E-state index contributed by atoms with van der Waals surface area (Å²) < 4.78 is 5.11. The van der Waals surface area contributed by atoms with Gasteiger partial charge in [-0.15, -0.1) is 0 Å². The monoisotopic (exact) mass is 349 g/mol. The molecule has 0 unspecified atom stereocenters. The van der Waals surface area contributed by atoms with Crippen LogP contribution in [-0.4, -0.2) is 29.5 Å². The van der Waals surface area contributed by atoms with E-state index in [1.54, 1.807) is 0 Å². The highest BCUT2D eigenvalue weighted by atomic mass is 16.5. The van der Waals surface area contributed by atoms with Crippen LogP contribution in [0, 0.1) is 5.92 Å². The van der Waals surface area contributed by atoms with E-state index in [1.807, 2.05) is 44.2 Å². The lowest BCUT2D eigenvalue weighted by Crippen LogP contribution is -2.58. The Morgan fingerprint density at radius 1 is 1.16 bits per heavy atom. The van der Waals surface area contributed by atoms with Crippen molar-refractivity contribution in [2.45, 2.75) is 52.3 Å². The molecule has 1 aromatic carbocycles. The van der Waals surface area contributed by atoms with Crippen molar-refractivity contribution in [3.63, 3.8) is 0 Å². The van der Waals surface area contributed by atoms with Gasteiger partial charge in [0.05, 0.1) is 0 Å². The molecule has 0 aromatic heterocycles. The highest BCUT2D eigenvalue weighted by Gasteiger charge is 2.33. The molecule has 0 saturated carbocycles. The summed E-state index contributed by atoms with van der Waals surface area (Å²) in [7, 11) is 0. The molecule has 7 nitrogen and oxygen atoms in total. The Hall–Kier alpha value is -2.57. The van der Waals surface area contributed by atoms with Gasteiger partial charge in [-0.2, -0.15) is 0 Å². The van der Waals surface area contributed by atoms with E-state index in [1.165, 1.54) is 13.8 Å². The van der Waals surface area contributed by atoms with Crippen molar-refractivity contribution in [2.24, 2.45) is 11.7 Å². The number of alkyl carbamates (subject to hydrolysis) is 1. The van der Waals surface area contributed by atoms with Crippen LogP contribution in [0.1, 0.15) is 39.7 Å². The van der Waals surface area contributed by atoms with E-state index in [4.69, 9.17) is 10.5 Å². The molecule has 0 spiro atoms. The first-order valence-corrected chi connectivity index (χ1v) is 8.21. The molecule has 0 saturated heterocycles. The Morgan fingerprint density at radius 3 is 2.28 bits per heavy atom. The molecule has 25 heavy (non-hydrogen) atoms. The average molecular weight is 349 g/mol. The zero-order valence-corrected chi connectivity index (χ0v) is 15.2. The number of ether oxygens (including phenoxy) is 1. The number of benzene rings is 1. The zero-order valence-electron chi connectivity index (χ0n) is 15.2.